The summed E-state index contributed by atoms with van der Waals surface area (Å²) in [6.45, 7) is 3.59. The van der Waals surface area contributed by atoms with Crippen molar-refractivity contribution in [1.82, 2.24) is 0 Å². The molecule has 92 valence electrons. The molecule has 1 atom stereocenters. The summed E-state index contributed by atoms with van der Waals surface area (Å²) in [6.07, 6.45) is 0.992. The molecule has 1 unspecified atom stereocenters. The molecule has 5 heteroatoms. The van der Waals surface area contributed by atoms with Crippen LogP contribution in [0, 0.1) is 11.7 Å². The van der Waals surface area contributed by atoms with Crippen LogP contribution >= 0.6 is 0 Å². The molecule has 2 rings (SSSR count). The van der Waals surface area contributed by atoms with Crippen LogP contribution in [-0.2, 0) is 0 Å². The summed E-state index contributed by atoms with van der Waals surface area (Å²) in [5.41, 5.74) is 5.74. The van der Waals surface area contributed by atoms with Crippen molar-refractivity contribution in [3.05, 3.63) is 23.5 Å². The van der Waals surface area contributed by atoms with E-state index in [2.05, 4.69) is 6.92 Å². The Morgan fingerprint density at radius 3 is 2.82 bits per heavy atom. The number of hydrogen-bond acceptors (Lipinski definition) is 3. The number of rotatable bonds is 2. The fourth-order valence-electron chi connectivity index (χ4n) is 2.16. The van der Waals surface area contributed by atoms with Gasteiger partial charge in [0.1, 0.15) is 5.82 Å². The van der Waals surface area contributed by atoms with Crippen LogP contribution < -0.4 is 10.6 Å². The van der Waals surface area contributed by atoms with Crippen LogP contribution in [0.4, 0.5) is 15.8 Å². The Hall–Kier alpha value is -1.78. The lowest BCUT2D eigenvalue weighted by Gasteiger charge is -2.20. The number of nitrogen functional groups attached to an aromatic ring is 1. The maximum atomic E-state index is 13.8. The van der Waals surface area contributed by atoms with Gasteiger partial charge < -0.3 is 15.7 Å². The highest BCUT2D eigenvalue weighted by Crippen LogP contribution is 2.29. The topological polar surface area (TPSA) is 66.6 Å². The van der Waals surface area contributed by atoms with E-state index in [4.69, 9.17) is 10.8 Å². The van der Waals surface area contributed by atoms with Crippen molar-refractivity contribution in [3.63, 3.8) is 0 Å². The first kappa shape index (κ1) is 11.7. The van der Waals surface area contributed by atoms with Gasteiger partial charge in [-0.15, -0.1) is 0 Å². The minimum atomic E-state index is -1.13. The number of nitrogens with two attached hydrogens (primary N) is 1. The highest BCUT2D eigenvalue weighted by atomic mass is 19.1. The summed E-state index contributed by atoms with van der Waals surface area (Å²) in [5, 5.41) is 8.95. The third-order valence-electron chi connectivity index (χ3n) is 3.11. The van der Waals surface area contributed by atoms with Crippen LogP contribution in [0.5, 0.6) is 0 Å². The summed E-state index contributed by atoms with van der Waals surface area (Å²) in [4.78, 5) is 12.8. The van der Waals surface area contributed by atoms with Crippen molar-refractivity contribution in [3.8, 4) is 0 Å². The Morgan fingerprint density at radius 2 is 2.29 bits per heavy atom. The first-order valence-electron chi connectivity index (χ1n) is 5.56. The summed E-state index contributed by atoms with van der Waals surface area (Å²) >= 11 is 0. The summed E-state index contributed by atoms with van der Waals surface area (Å²) in [5.74, 6) is -1.09. The summed E-state index contributed by atoms with van der Waals surface area (Å²) in [6, 6.07) is 2.41. The normalized spacial score (nSPS) is 19.6. The molecule has 0 spiro atoms. The predicted octanol–water partition coefficient (Wildman–Crippen LogP) is 1.95. The third-order valence-corrected chi connectivity index (χ3v) is 3.11. The fraction of sp³-hybridized carbons (Fsp3) is 0.417. The van der Waals surface area contributed by atoms with Gasteiger partial charge in [0, 0.05) is 18.8 Å². The van der Waals surface area contributed by atoms with Gasteiger partial charge in [-0.3, -0.25) is 0 Å². The predicted molar refractivity (Wildman–Crippen MR) is 63.8 cm³/mol. The molecule has 1 aliphatic heterocycles. The second-order valence-corrected chi connectivity index (χ2v) is 4.54. The van der Waals surface area contributed by atoms with Gasteiger partial charge in [0.25, 0.3) is 0 Å². The standard InChI is InChI=1S/C12H15FN2O2/c1-7-2-3-15(6-7)11-4-8(12(16)17)10(14)5-9(11)13/h4-5,7H,2-3,6,14H2,1H3,(H,16,17). The molecule has 1 aromatic carbocycles. The number of nitrogens with zero attached hydrogens (tertiary/aromatic N) is 1. The molecule has 17 heavy (non-hydrogen) atoms. The van der Waals surface area contributed by atoms with Crippen molar-refractivity contribution < 1.29 is 14.3 Å². The maximum Gasteiger partial charge on any atom is 0.337 e. The van der Waals surface area contributed by atoms with Crippen LogP contribution in [-0.4, -0.2) is 24.2 Å². The van der Waals surface area contributed by atoms with Crippen LogP contribution in [0.15, 0.2) is 12.1 Å². The van der Waals surface area contributed by atoms with Gasteiger partial charge in [-0.05, 0) is 24.5 Å². The van der Waals surface area contributed by atoms with Crippen molar-refractivity contribution in [1.29, 1.82) is 0 Å². The maximum absolute atomic E-state index is 13.8. The van der Waals surface area contributed by atoms with Crippen molar-refractivity contribution >= 4 is 17.3 Å². The van der Waals surface area contributed by atoms with Crippen LogP contribution in [0.25, 0.3) is 0 Å². The molecular formula is C12H15FN2O2. The molecule has 1 aliphatic rings. The van der Waals surface area contributed by atoms with Gasteiger partial charge >= 0.3 is 5.97 Å². The van der Waals surface area contributed by atoms with Crippen LogP contribution in [0.2, 0.25) is 0 Å². The van der Waals surface area contributed by atoms with Crippen LogP contribution in [0.1, 0.15) is 23.7 Å². The van der Waals surface area contributed by atoms with E-state index in [1.807, 2.05) is 4.90 Å². The van der Waals surface area contributed by atoms with Gasteiger partial charge in [-0.1, -0.05) is 6.92 Å². The third kappa shape index (κ3) is 2.18. The molecule has 1 heterocycles. The number of carbonyl (C=O) groups is 1. The van der Waals surface area contributed by atoms with Crippen LogP contribution in [0.3, 0.4) is 0 Å². The molecule has 1 aromatic rings. The lowest BCUT2D eigenvalue weighted by molar-refractivity contribution is 0.0698. The van der Waals surface area contributed by atoms with E-state index in [-0.39, 0.29) is 11.3 Å². The first-order chi connectivity index (χ1) is 7.99. The second kappa shape index (κ2) is 4.24. The van der Waals surface area contributed by atoms with E-state index in [0.717, 1.165) is 25.6 Å². The van der Waals surface area contributed by atoms with E-state index in [1.54, 1.807) is 0 Å². The Kier molecular flexibility index (Phi) is 2.92. The average molecular weight is 238 g/mol. The SMILES string of the molecule is CC1CCN(c2cc(C(=O)O)c(N)cc2F)C1. The van der Waals surface area contributed by atoms with E-state index in [0.29, 0.717) is 11.6 Å². The molecular weight excluding hydrogens is 223 g/mol. The largest absolute Gasteiger partial charge is 0.478 e. The Balaban J connectivity index is 2.40. The summed E-state index contributed by atoms with van der Waals surface area (Å²) < 4.78 is 13.8. The molecule has 0 amide bonds. The average Bonchev–Trinajstić information content (AvgIpc) is 2.64. The molecule has 0 aliphatic carbocycles. The molecule has 0 radical (unpaired) electrons. The smallest absolute Gasteiger partial charge is 0.337 e. The summed E-state index contributed by atoms with van der Waals surface area (Å²) in [7, 11) is 0. The molecule has 0 bridgehead atoms. The Morgan fingerprint density at radius 1 is 1.59 bits per heavy atom. The van der Waals surface area contributed by atoms with E-state index in [1.165, 1.54) is 6.07 Å². The van der Waals surface area contributed by atoms with Crippen molar-refractivity contribution in [2.75, 3.05) is 23.7 Å². The lowest BCUT2D eigenvalue weighted by Crippen LogP contribution is -2.21. The molecule has 3 N–H and O–H groups in total. The Bertz CT molecular complexity index is 462. The number of hydrogen-bond donors (Lipinski definition) is 2. The Labute approximate surface area is 98.8 Å². The number of benzene rings is 1. The van der Waals surface area contributed by atoms with E-state index >= 15 is 0 Å². The second-order valence-electron chi connectivity index (χ2n) is 4.54. The van der Waals surface area contributed by atoms with Crippen molar-refractivity contribution in [2.24, 2.45) is 5.92 Å². The number of carboxylic acid groups (broad SMARTS) is 1. The minimum absolute atomic E-state index is 0.0361. The number of aromatic carboxylic acids is 1. The number of carboxylic acids is 1. The van der Waals surface area contributed by atoms with Gasteiger partial charge in [0.2, 0.25) is 0 Å². The molecule has 1 saturated heterocycles. The number of halogens is 1. The fourth-order valence-corrected chi connectivity index (χ4v) is 2.16. The molecule has 0 aromatic heterocycles. The van der Waals surface area contributed by atoms with Gasteiger partial charge in [-0.2, -0.15) is 0 Å². The number of anilines is 2. The lowest BCUT2D eigenvalue weighted by atomic mass is 10.1. The highest BCUT2D eigenvalue weighted by molar-refractivity contribution is 5.95. The zero-order valence-corrected chi connectivity index (χ0v) is 9.61. The molecule has 4 nitrogen and oxygen atoms in total. The van der Waals surface area contributed by atoms with E-state index in [9.17, 15) is 9.18 Å². The molecule has 1 fully saturated rings. The monoisotopic (exact) mass is 238 g/mol. The van der Waals surface area contributed by atoms with Gasteiger partial charge in [0.15, 0.2) is 0 Å². The minimum Gasteiger partial charge on any atom is -0.478 e. The molecule has 0 saturated carbocycles. The highest BCUT2D eigenvalue weighted by Gasteiger charge is 2.23. The quantitative estimate of drug-likeness (QED) is 0.773. The van der Waals surface area contributed by atoms with Gasteiger partial charge in [-0.25, -0.2) is 9.18 Å². The zero-order chi connectivity index (χ0) is 12.6. The van der Waals surface area contributed by atoms with Gasteiger partial charge in [0.05, 0.1) is 11.3 Å². The first-order valence-corrected chi connectivity index (χ1v) is 5.56. The van der Waals surface area contributed by atoms with E-state index < -0.39 is 11.8 Å². The van der Waals surface area contributed by atoms with Crippen molar-refractivity contribution in [2.45, 2.75) is 13.3 Å². The zero-order valence-electron chi connectivity index (χ0n) is 9.61.